The topological polar surface area (TPSA) is 38.5 Å². The highest BCUT2D eigenvalue weighted by Gasteiger charge is 2.66. The van der Waals surface area contributed by atoms with Gasteiger partial charge in [-0.3, -0.25) is 0 Å². The average Bonchev–Trinajstić information content (AvgIpc) is 2.48. The standard InChI is InChI=1S/C17H32N2O/c1-16(2)15-14(10-7-11-20-15)17(16,18)12-19(3)13-8-5-4-6-9-13/h13-15H,4-12,18H2,1-3H3. The lowest BCUT2D eigenvalue weighted by atomic mass is 9.46. The van der Waals surface area contributed by atoms with Gasteiger partial charge in [-0.15, -0.1) is 0 Å². The second-order valence-electron chi connectivity index (χ2n) is 8.01. The van der Waals surface area contributed by atoms with E-state index in [2.05, 4.69) is 25.8 Å². The minimum absolute atomic E-state index is 0.0652. The summed E-state index contributed by atoms with van der Waals surface area (Å²) in [5.74, 6) is 0.567. The molecule has 0 amide bonds. The van der Waals surface area contributed by atoms with Crippen LogP contribution in [0.1, 0.15) is 58.8 Å². The molecular formula is C17H32N2O. The van der Waals surface area contributed by atoms with Gasteiger partial charge in [0.15, 0.2) is 0 Å². The zero-order valence-corrected chi connectivity index (χ0v) is 13.5. The highest BCUT2D eigenvalue weighted by molar-refractivity contribution is 5.20. The second-order valence-corrected chi connectivity index (χ2v) is 8.01. The molecule has 0 aromatic carbocycles. The van der Waals surface area contributed by atoms with Gasteiger partial charge in [0.05, 0.1) is 6.10 Å². The van der Waals surface area contributed by atoms with Crippen LogP contribution in [-0.4, -0.2) is 42.8 Å². The van der Waals surface area contributed by atoms with E-state index in [4.69, 9.17) is 10.5 Å². The lowest BCUT2D eigenvalue weighted by Gasteiger charge is -2.67. The maximum atomic E-state index is 6.92. The van der Waals surface area contributed by atoms with Gasteiger partial charge < -0.3 is 15.4 Å². The van der Waals surface area contributed by atoms with Crippen molar-refractivity contribution in [2.45, 2.75) is 76.5 Å². The van der Waals surface area contributed by atoms with Crippen LogP contribution >= 0.6 is 0 Å². The molecule has 3 heteroatoms. The normalized spacial score (nSPS) is 41.2. The maximum Gasteiger partial charge on any atom is 0.0690 e. The first-order chi connectivity index (χ1) is 9.47. The lowest BCUT2D eigenvalue weighted by molar-refractivity contribution is -0.232. The van der Waals surface area contributed by atoms with Gasteiger partial charge in [-0.2, -0.15) is 0 Å². The quantitative estimate of drug-likeness (QED) is 0.864. The minimum atomic E-state index is -0.0652. The summed E-state index contributed by atoms with van der Waals surface area (Å²) in [6.45, 7) is 6.59. The zero-order chi connectivity index (χ0) is 14.4. The van der Waals surface area contributed by atoms with Crippen molar-refractivity contribution in [2.24, 2.45) is 17.1 Å². The SMILES string of the molecule is CN(CC1(N)C2CCCOC2C1(C)C)C1CCCCC1. The second kappa shape index (κ2) is 5.26. The molecule has 2 N–H and O–H groups in total. The van der Waals surface area contributed by atoms with Crippen molar-refractivity contribution in [1.82, 2.24) is 4.90 Å². The summed E-state index contributed by atoms with van der Waals surface area (Å²) in [4.78, 5) is 2.56. The minimum Gasteiger partial charge on any atom is -0.377 e. The van der Waals surface area contributed by atoms with Crippen molar-refractivity contribution in [1.29, 1.82) is 0 Å². The van der Waals surface area contributed by atoms with Crippen LogP contribution < -0.4 is 5.73 Å². The Balaban J connectivity index is 1.68. The van der Waals surface area contributed by atoms with Crippen LogP contribution in [-0.2, 0) is 4.74 Å². The third kappa shape index (κ3) is 2.13. The van der Waals surface area contributed by atoms with Crippen LogP contribution in [0, 0.1) is 11.3 Å². The fraction of sp³-hybridized carbons (Fsp3) is 1.00. The maximum absolute atomic E-state index is 6.92. The van der Waals surface area contributed by atoms with Crippen LogP contribution in [0.25, 0.3) is 0 Å². The van der Waals surface area contributed by atoms with E-state index < -0.39 is 0 Å². The molecule has 1 aliphatic heterocycles. The van der Waals surface area contributed by atoms with Crippen molar-refractivity contribution in [3.05, 3.63) is 0 Å². The molecule has 0 bridgehead atoms. The highest BCUT2D eigenvalue weighted by atomic mass is 16.5. The van der Waals surface area contributed by atoms with E-state index in [1.54, 1.807) is 0 Å². The Morgan fingerprint density at radius 2 is 1.80 bits per heavy atom. The van der Waals surface area contributed by atoms with Gasteiger partial charge >= 0.3 is 0 Å². The number of ether oxygens (including phenoxy) is 1. The number of hydrogen-bond donors (Lipinski definition) is 1. The molecule has 0 radical (unpaired) electrons. The first-order valence-electron chi connectivity index (χ1n) is 8.57. The van der Waals surface area contributed by atoms with Crippen molar-refractivity contribution in [3.8, 4) is 0 Å². The molecular weight excluding hydrogens is 248 g/mol. The Bertz CT molecular complexity index is 351. The Hall–Kier alpha value is -0.120. The molecule has 116 valence electrons. The lowest BCUT2D eigenvalue weighted by Crippen LogP contribution is -2.80. The van der Waals surface area contributed by atoms with Crippen molar-refractivity contribution < 1.29 is 4.74 Å². The van der Waals surface area contributed by atoms with Crippen LogP contribution in [0.15, 0.2) is 0 Å². The van der Waals surface area contributed by atoms with E-state index in [1.807, 2.05) is 0 Å². The first kappa shape index (κ1) is 14.8. The molecule has 3 atom stereocenters. The van der Waals surface area contributed by atoms with E-state index in [0.717, 1.165) is 19.2 Å². The Kier molecular flexibility index (Phi) is 3.89. The predicted molar refractivity (Wildman–Crippen MR) is 82.7 cm³/mol. The molecule has 1 heterocycles. The number of hydrogen-bond acceptors (Lipinski definition) is 3. The van der Waals surface area contributed by atoms with E-state index in [0.29, 0.717) is 12.0 Å². The van der Waals surface area contributed by atoms with Crippen LogP contribution in [0.5, 0.6) is 0 Å². The summed E-state index contributed by atoms with van der Waals surface area (Å²) in [5, 5.41) is 0. The van der Waals surface area contributed by atoms with Gasteiger partial charge in [-0.25, -0.2) is 0 Å². The van der Waals surface area contributed by atoms with E-state index in [-0.39, 0.29) is 11.0 Å². The summed E-state index contributed by atoms with van der Waals surface area (Å²) >= 11 is 0. The summed E-state index contributed by atoms with van der Waals surface area (Å²) in [7, 11) is 2.29. The van der Waals surface area contributed by atoms with Crippen molar-refractivity contribution >= 4 is 0 Å². The number of nitrogens with zero attached hydrogens (tertiary/aromatic N) is 1. The molecule has 0 aromatic rings. The van der Waals surface area contributed by atoms with Gasteiger partial charge in [0.1, 0.15) is 0 Å². The van der Waals surface area contributed by atoms with Gasteiger partial charge in [0.25, 0.3) is 0 Å². The predicted octanol–water partition coefficient (Wildman–Crippen LogP) is 2.78. The smallest absolute Gasteiger partial charge is 0.0690 e. The number of rotatable bonds is 3. The highest BCUT2D eigenvalue weighted by Crippen LogP contribution is 2.57. The van der Waals surface area contributed by atoms with Crippen LogP contribution in [0.3, 0.4) is 0 Å². The van der Waals surface area contributed by atoms with Crippen LogP contribution in [0.2, 0.25) is 0 Å². The molecule has 3 rings (SSSR count). The molecule has 3 unspecified atom stereocenters. The summed E-state index contributed by atoms with van der Waals surface area (Å²) in [5.41, 5.74) is 6.97. The molecule has 0 spiro atoms. The average molecular weight is 280 g/mol. The number of nitrogens with two attached hydrogens (primary N) is 1. The van der Waals surface area contributed by atoms with Crippen LogP contribution in [0.4, 0.5) is 0 Å². The third-order valence-corrected chi connectivity index (χ3v) is 6.60. The fourth-order valence-electron chi connectivity index (χ4n) is 5.05. The van der Waals surface area contributed by atoms with Gasteiger partial charge in [0, 0.05) is 36.1 Å². The molecule has 2 saturated carbocycles. The summed E-state index contributed by atoms with van der Waals surface area (Å²) in [6.07, 6.45) is 9.75. The molecule has 1 saturated heterocycles. The molecule has 3 aliphatic rings. The Labute approximate surface area is 124 Å². The van der Waals surface area contributed by atoms with E-state index in [1.165, 1.54) is 44.9 Å². The van der Waals surface area contributed by atoms with Crippen molar-refractivity contribution in [2.75, 3.05) is 20.2 Å². The molecule has 3 fully saturated rings. The largest absolute Gasteiger partial charge is 0.377 e. The summed E-state index contributed by atoms with van der Waals surface area (Å²) in [6, 6.07) is 0.753. The molecule has 3 nitrogen and oxygen atoms in total. The third-order valence-electron chi connectivity index (χ3n) is 6.60. The first-order valence-corrected chi connectivity index (χ1v) is 8.57. The number of likely N-dealkylation sites (N-methyl/N-ethyl adjacent to an activating group) is 1. The Morgan fingerprint density at radius 3 is 2.50 bits per heavy atom. The monoisotopic (exact) mass is 280 g/mol. The van der Waals surface area contributed by atoms with E-state index >= 15 is 0 Å². The van der Waals surface area contributed by atoms with E-state index in [9.17, 15) is 0 Å². The number of fused-ring (bicyclic) bond motifs is 1. The van der Waals surface area contributed by atoms with Gasteiger partial charge in [0.2, 0.25) is 0 Å². The van der Waals surface area contributed by atoms with Gasteiger partial charge in [-0.1, -0.05) is 33.1 Å². The van der Waals surface area contributed by atoms with Gasteiger partial charge in [-0.05, 0) is 32.7 Å². The molecule has 20 heavy (non-hydrogen) atoms. The Morgan fingerprint density at radius 1 is 1.10 bits per heavy atom. The molecule has 0 aromatic heterocycles. The zero-order valence-electron chi connectivity index (χ0n) is 13.5. The van der Waals surface area contributed by atoms with Crippen molar-refractivity contribution in [3.63, 3.8) is 0 Å². The fourth-order valence-corrected chi connectivity index (χ4v) is 5.05. The molecule has 2 aliphatic carbocycles. The summed E-state index contributed by atoms with van der Waals surface area (Å²) < 4.78 is 6.02.